The van der Waals surface area contributed by atoms with Gasteiger partial charge in [0.2, 0.25) is 0 Å². The van der Waals surface area contributed by atoms with Crippen molar-refractivity contribution in [2.45, 2.75) is 18.7 Å². The minimum atomic E-state index is -3.88. The lowest BCUT2D eigenvalue weighted by molar-refractivity contribution is 0.101. The lowest BCUT2D eigenvalue weighted by Gasteiger charge is -2.07. The fourth-order valence-corrected chi connectivity index (χ4v) is 2.56. The predicted octanol–water partition coefficient (Wildman–Crippen LogP) is 2.97. The molecule has 0 aliphatic carbocycles. The number of carbonyl (C=O) groups excluding carboxylic acids is 1. The van der Waals surface area contributed by atoms with Gasteiger partial charge >= 0.3 is 10.1 Å². The number of aryl methyl sites for hydroxylation is 1. The summed E-state index contributed by atoms with van der Waals surface area (Å²) in [5.74, 6) is 0.139. The largest absolute Gasteiger partial charge is 0.379 e. The van der Waals surface area contributed by atoms with E-state index in [1.165, 1.54) is 31.2 Å². The van der Waals surface area contributed by atoms with Crippen molar-refractivity contribution in [1.29, 1.82) is 0 Å². The average molecular weight is 290 g/mol. The fourth-order valence-electron chi connectivity index (χ4n) is 1.62. The number of Topliss-reactive ketones (excluding diaryl/α,β-unsaturated/α-hetero) is 1. The molecule has 5 heteroatoms. The van der Waals surface area contributed by atoms with Crippen LogP contribution >= 0.6 is 0 Å². The summed E-state index contributed by atoms with van der Waals surface area (Å²) in [5, 5.41) is 0. The molecule has 0 radical (unpaired) electrons. The van der Waals surface area contributed by atoms with Crippen molar-refractivity contribution in [3.63, 3.8) is 0 Å². The van der Waals surface area contributed by atoms with E-state index in [1.807, 2.05) is 6.92 Å². The second-order valence-corrected chi connectivity index (χ2v) is 5.98. The number of ketones is 1. The Labute approximate surface area is 118 Å². The minimum absolute atomic E-state index is 0.0167. The third-order valence-electron chi connectivity index (χ3n) is 2.78. The highest BCUT2D eigenvalue weighted by Crippen LogP contribution is 2.19. The molecule has 104 valence electrons. The molecular weight excluding hydrogens is 276 g/mol. The van der Waals surface area contributed by atoms with E-state index in [9.17, 15) is 13.2 Å². The van der Waals surface area contributed by atoms with Gasteiger partial charge in [0.1, 0.15) is 10.6 Å². The van der Waals surface area contributed by atoms with Gasteiger partial charge < -0.3 is 4.18 Å². The van der Waals surface area contributed by atoms with Gasteiger partial charge in [0.15, 0.2) is 5.78 Å². The summed E-state index contributed by atoms with van der Waals surface area (Å²) in [6.07, 6.45) is 0. The molecule has 0 saturated heterocycles. The summed E-state index contributed by atoms with van der Waals surface area (Å²) in [4.78, 5) is 11.2. The molecule has 0 N–H and O–H groups in total. The summed E-state index contributed by atoms with van der Waals surface area (Å²) in [6.45, 7) is 3.32. The van der Waals surface area contributed by atoms with Crippen LogP contribution in [-0.2, 0) is 10.1 Å². The lowest BCUT2D eigenvalue weighted by atomic mass is 10.2. The summed E-state index contributed by atoms with van der Waals surface area (Å²) in [5.41, 5.74) is 1.47. The minimum Gasteiger partial charge on any atom is -0.379 e. The molecule has 0 atom stereocenters. The Morgan fingerprint density at radius 2 is 1.50 bits per heavy atom. The van der Waals surface area contributed by atoms with Crippen LogP contribution in [0.15, 0.2) is 53.4 Å². The van der Waals surface area contributed by atoms with Crippen LogP contribution in [0.4, 0.5) is 0 Å². The maximum Gasteiger partial charge on any atom is 0.339 e. The van der Waals surface area contributed by atoms with E-state index in [1.54, 1.807) is 24.3 Å². The van der Waals surface area contributed by atoms with E-state index in [-0.39, 0.29) is 16.4 Å². The Balaban J connectivity index is 2.26. The maximum atomic E-state index is 12.1. The molecule has 2 aromatic rings. The molecule has 2 rings (SSSR count). The van der Waals surface area contributed by atoms with E-state index < -0.39 is 10.1 Å². The van der Waals surface area contributed by atoms with Crippen molar-refractivity contribution in [3.8, 4) is 5.75 Å². The van der Waals surface area contributed by atoms with Crippen LogP contribution in [0.5, 0.6) is 5.75 Å². The van der Waals surface area contributed by atoms with Crippen LogP contribution in [0, 0.1) is 6.92 Å². The first-order valence-electron chi connectivity index (χ1n) is 6.01. The third kappa shape index (κ3) is 3.24. The topological polar surface area (TPSA) is 60.4 Å². The Kier molecular flexibility index (Phi) is 3.90. The molecule has 2 aromatic carbocycles. The third-order valence-corrected chi connectivity index (χ3v) is 4.04. The van der Waals surface area contributed by atoms with Gasteiger partial charge in [-0.2, -0.15) is 8.42 Å². The highest BCUT2D eigenvalue weighted by molar-refractivity contribution is 7.87. The van der Waals surface area contributed by atoms with Crippen molar-refractivity contribution < 1.29 is 17.4 Å². The summed E-state index contributed by atoms with van der Waals surface area (Å²) in [6, 6.07) is 12.4. The first-order chi connectivity index (χ1) is 9.38. The second-order valence-electron chi connectivity index (χ2n) is 4.43. The van der Waals surface area contributed by atoms with Crippen LogP contribution < -0.4 is 4.18 Å². The molecule has 0 aliphatic heterocycles. The van der Waals surface area contributed by atoms with Gasteiger partial charge in [-0.25, -0.2) is 0 Å². The van der Waals surface area contributed by atoms with Gasteiger partial charge in [0, 0.05) is 5.56 Å². The highest BCUT2D eigenvalue weighted by Gasteiger charge is 2.16. The van der Waals surface area contributed by atoms with Gasteiger partial charge in [0.25, 0.3) is 0 Å². The Morgan fingerprint density at radius 1 is 0.950 bits per heavy atom. The first kappa shape index (κ1) is 14.3. The van der Waals surface area contributed by atoms with E-state index in [2.05, 4.69) is 0 Å². The first-order valence-corrected chi connectivity index (χ1v) is 7.41. The lowest BCUT2D eigenvalue weighted by Crippen LogP contribution is -2.10. The van der Waals surface area contributed by atoms with E-state index >= 15 is 0 Å². The zero-order valence-corrected chi connectivity index (χ0v) is 12.0. The van der Waals surface area contributed by atoms with Crippen LogP contribution in [0.2, 0.25) is 0 Å². The van der Waals surface area contributed by atoms with Gasteiger partial charge in [-0.3, -0.25) is 4.79 Å². The number of benzene rings is 2. The van der Waals surface area contributed by atoms with Crippen molar-refractivity contribution in [1.82, 2.24) is 0 Å². The quantitative estimate of drug-likeness (QED) is 0.641. The van der Waals surface area contributed by atoms with Crippen molar-refractivity contribution in [3.05, 3.63) is 59.7 Å². The standard InChI is InChI=1S/C15H14O4S/c1-11-3-7-14(8-4-11)19-20(17,18)15-9-5-13(6-10-15)12(2)16/h3-10H,1-2H3. The number of rotatable bonds is 4. The van der Waals surface area contributed by atoms with Crippen LogP contribution in [0.1, 0.15) is 22.8 Å². The van der Waals surface area contributed by atoms with E-state index in [0.717, 1.165) is 5.56 Å². The van der Waals surface area contributed by atoms with Gasteiger partial charge in [-0.1, -0.05) is 29.8 Å². The number of hydrogen-bond donors (Lipinski definition) is 0. The molecule has 0 heterocycles. The Bertz CT molecular complexity index is 713. The normalized spacial score (nSPS) is 11.1. The molecule has 0 aliphatic rings. The van der Waals surface area contributed by atoms with Gasteiger partial charge in [-0.05, 0) is 38.1 Å². The maximum absolute atomic E-state index is 12.1. The molecule has 0 saturated carbocycles. The Hall–Kier alpha value is -2.14. The number of hydrogen-bond acceptors (Lipinski definition) is 4. The van der Waals surface area contributed by atoms with Crippen molar-refractivity contribution >= 4 is 15.9 Å². The smallest absolute Gasteiger partial charge is 0.339 e. The monoisotopic (exact) mass is 290 g/mol. The molecule has 0 unspecified atom stereocenters. The molecule has 0 spiro atoms. The summed E-state index contributed by atoms with van der Waals surface area (Å²) >= 11 is 0. The van der Waals surface area contributed by atoms with Gasteiger partial charge in [-0.15, -0.1) is 0 Å². The summed E-state index contributed by atoms with van der Waals surface area (Å²) in [7, 11) is -3.88. The zero-order chi connectivity index (χ0) is 14.8. The van der Waals surface area contributed by atoms with Crippen LogP contribution in [0.25, 0.3) is 0 Å². The molecule has 0 amide bonds. The van der Waals surface area contributed by atoms with Crippen molar-refractivity contribution in [2.24, 2.45) is 0 Å². The van der Waals surface area contributed by atoms with Crippen molar-refractivity contribution in [2.75, 3.05) is 0 Å². The molecule has 20 heavy (non-hydrogen) atoms. The Morgan fingerprint density at radius 3 is 2.00 bits per heavy atom. The molecule has 0 aromatic heterocycles. The summed E-state index contributed by atoms with van der Waals surface area (Å²) < 4.78 is 29.2. The second kappa shape index (κ2) is 5.46. The molecule has 0 fully saturated rings. The fraction of sp³-hybridized carbons (Fsp3) is 0.133. The molecular formula is C15H14O4S. The number of carbonyl (C=O) groups is 1. The molecule has 4 nitrogen and oxygen atoms in total. The van der Waals surface area contributed by atoms with Crippen LogP contribution in [-0.4, -0.2) is 14.2 Å². The van der Waals surface area contributed by atoms with Gasteiger partial charge in [0.05, 0.1) is 0 Å². The predicted molar refractivity (Wildman–Crippen MR) is 75.4 cm³/mol. The van der Waals surface area contributed by atoms with E-state index in [4.69, 9.17) is 4.18 Å². The SMILES string of the molecule is CC(=O)c1ccc(S(=O)(=O)Oc2ccc(C)cc2)cc1. The molecule has 0 bridgehead atoms. The van der Waals surface area contributed by atoms with Crippen LogP contribution in [0.3, 0.4) is 0 Å². The average Bonchev–Trinajstić information content (AvgIpc) is 2.41. The van der Waals surface area contributed by atoms with E-state index in [0.29, 0.717) is 5.56 Å². The highest BCUT2D eigenvalue weighted by atomic mass is 32.2. The zero-order valence-electron chi connectivity index (χ0n) is 11.2.